The molecule has 0 aliphatic carbocycles. The number of rotatable bonds is 3. The van der Waals surface area contributed by atoms with Gasteiger partial charge >= 0.3 is 5.97 Å². The van der Waals surface area contributed by atoms with E-state index in [-0.39, 0.29) is 5.69 Å². The lowest BCUT2D eigenvalue weighted by Gasteiger charge is -2.07. The van der Waals surface area contributed by atoms with Gasteiger partial charge in [0.05, 0.1) is 6.10 Å². The third-order valence-corrected chi connectivity index (χ3v) is 1.51. The largest absolute Gasteiger partial charge is 0.477 e. The van der Waals surface area contributed by atoms with Crippen molar-refractivity contribution in [3.63, 3.8) is 0 Å². The molecule has 0 spiro atoms. The van der Waals surface area contributed by atoms with Crippen molar-refractivity contribution in [3.8, 4) is 0 Å². The van der Waals surface area contributed by atoms with E-state index in [2.05, 4.69) is 0 Å². The molecule has 12 heavy (non-hydrogen) atoms. The number of aromatic nitrogens is 1. The van der Waals surface area contributed by atoms with Crippen LogP contribution >= 0.6 is 0 Å². The maximum atomic E-state index is 10.6. The highest BCUT2D eigenvalue weighted by Crippen LogP contribution is 2.03. The van der Waals surface area contributed by atoms with Gasteiger partial charge in [-0.25, -0.2) is 4.79 Å². The zero-order valence-corrected chi connectivity index (χ0v) is 6.77. The molecule has 1 heterocycles. The standard InChI is InChI=1S/C8H11NO3/c1-6(10)5-9-4-2-3-7(9)8(11)12/h2-4,6,10H,5H2,1H3,(H,11,12). The molecule has 0 radical (unpaired) electrons. The van der Waals surface area contributed by atoms with Crippen LogP contribution in [0, 0.1) is 0 Å². The predicted molar refractivity (Wildman–Crippen MR) is 43.1 cm³/mol. The number of hydrogen-bond donors (Lipinski definition) is 2. The molecule has 1 aromatic rings. The third-order valence-electron chi connectivity index (χ3n) is 1.51. The highest BCUT2D eigenvalue weighted by atomic mass is 16.4. The summed E-state index contributed by atoms with van der Waals surface area (Å²) in [5, 5.41) is 17.7. The molecule has 66 valence electrons. The van der Waals surface area contributed by atoms with E-state index in [9.17, 15) is 4.79 Å². The summed E-state index contributed by atoms with van der Waals surface area (Å²) < 4.78 is 1.51. The molecule has 0 saturated carbocycles. The average molecular weight is 169 g/mol. The summed E-state index contributed by atoms with van der Waals surface area (Å²) in [4.78, 5) is 10.6. The second kappa shape index (κ2) is 3.40. The van der Waals surface area contributed by atoms with E-state index in [4.69, 9.17) is 10.2 Å². The minimum atomic E-state index is -0.972. The van der Waals surface area contributed by atoms with Crippen LogP contribution < -0.4 is 0 Å². The molecule has 4 heteroatoms. The Morgan fingerprint density at radius 2 is 2.42 bits per heavy atom. The normalized spacial score (nSPS) is 12.8. The fraction of sp³-hybridized carbons (Fsp3) is 0.375. The van der Waals surface area contributed by atoms with E-state index in [1.807, 2.05) is 0 Å². The second-order valence-corrected chi connectivity index (χ2v) is 2.70. The van der Waals surface area contributed by atoms with Crippen LogP contribution in [0.15, 0.2) is 18.3 Å². The first-order chi connectivity index (χ1) is 5.61. The Hall–Kier alpha value is -1.29. The van der Waals surface area contributed by atoms with Gasteiger partial charge in [0.1, 0.15) is 5.69 Å². The number of carboxylic acid groups (broad SMARTS) is 1. The number of aliphatic hydroxyl groups is 1. The number of carboxylic acids is 1. The zero-order chi connectivity index (χ0) is 9.14. The average Bonchev–Trinajstić information content (AvgIpc) is 2.33. The Morgan fingerprint density at radius 1 is 1.75 bits per heavy atom. The Balaban J connectivity index is 2.84. The van der Waals surface area contributed by atoms with Crippen LogP contribution in [0.5, 0.6) is 0 Å². The number of nitrogens with zero attached hydrogens (tertiary/aromatic N) is 1. The summed E-state index contributed by atoms with van der Waals surface area (Å²) in [6.45, 7) is 1.93. The van der Waals surface area contributed by atoms with Crippen molar-refractivity contribution in [1.29, 1.82) is 0 Å². The van der Waals surface area contributed by atoms with E-state index >= 15 is 0 Å². The Morgan fingerprint density at radius 3 is 2.92 bits per heavy atom. The summed E-state index contributed by atoms with van der Waals surface area (Å²) >= 11 is 0. The van der Waals surface area contributed by atoms with E-state index in [1.165, 1.54) is 10.6 Å². The first-order valence-electron chi connectivity index (χ1n) is 3.67. The molecule has 0 amide bonds. The van der Waals surface area contributed by atoms with Gasteiger partial charge in [-0.15, -0.1) is 0 Å². The van der Waals surface area contributed by atoms with Crippen molar-refractivity contribution in [1.82, 2.24) is 4.57 Å². The Labute approximate surface area is 70.1 Å². The van der Waals surface area contributed by atoms with Crippen LogP contribution in [-0.4, -0.2) is 26.9 Å². The molecule has 0 saturated heterocycles. The van der Waals surface area contributed by atoms with Crippen molar-refractivity contribution in [2.24, 2.45) is 0 Å². The molecular weight excluding hydrogens is 158 g/mol. The maximum Gasteiger partial charge on any atom is 0.352 e. The molecule has 0 aliphatic rings. The molecule has 1 aromatic heterocycles. The van der Waals surface area contributed by atoms with Crippen LogP contribution in [0.2, 0.25) is 0 Å². The number of aromatic carboxylic acids is 1. The van der Waals surface area contributed by atoms with E-state index in [0.717, 1.165) is 0 Å². The molecular formula is C8H11NO3. The molecule has 1 atom stereocenters. The first kappa shape index (κ1) is 8.80. The maximum absolute atomic E-state index is 10.6. The van der Waals surface area contributed by atoms with E-state index in [1.54, 1.807) is 19.2 Å². The summed E-state index contributed by atoms with van der Waals surface area (Å²) in [6.07, 6.45) is 1.10. The Bertz CT molecular complexity index is 278. The molecule has 1 rings (SSSR count). The summed E-state index contributed by atoms with van der Waals surface area (Å²) in [5.41, 5.74) is 0.205. The summed E-state index contributed by atoms with van der Waals surface area (Å²) in [6, 6.07) is 3.15. The predicted octanol–water partition coefficient (Wildman–Crippen LogP) is 0.567. The number of aliphatic hydroxyl groups excluding tert-OH is 1. The van der Waals surface area contributed by atoms with Crippen LogP contribution in [0.1, 0.15) is 17.4 Å². The highest BCUT2D eigenvalue weighted by molar-refractivity contribution is 5.85. The van der Waals surface area contributed by atoms with Gasteiger partial charge in [0.15, 0.2) is 0 Å². The van der Waals surface area contributed by atoms with Crippen molar-refractivity contribution in [3.05, 3.63) is 24.0 Å². The van der Waals surface area contributed by atoms with Gasteiger partial charge in [-0.3, -0.25) is 0 Å². The van der Waals surface area contributed by atoms with E-state index in [0.29, 0.717) is 6.54 Å². The smallest absolute Gasteiger partial charge is 0.352 e. The molecule has 0 aliphatic heterocycles. The molecule has 4 nitrogen and oxygen atoms in total. The van der Waals surface area contributed by atoms with Crippen LogP contribution in [0.25, 0.3) is 0 Å². The number of carbonyl (C=O) groups is 1. The van der Waals surface area contributed by atoms with Crippen molar-refractivity contribution < 1.29 is 15.0 Å². The van der Waals surface area contributed by atoms with Gasteiger partial charge in [0.25, 0.3) is 0 Å². The molecule has 0 aromatic carbocycles. The van der Waals surface area contributed by atoms with E-state index < -0.39 is 12.1 Å². The highest BCUT2D eigenvalue weighted by Gasteiger charge is 2.09. The lowest BCUT2D eigenvalue weighted by Crippen LogP contribution is -2.15. The van der Waals surface area contributed by atoms with Crippen LogP contribution in [-0.2, 0) is 6.54 Å². The topological polar surface area (TPSA) is 62.5 Å². The minimum Gasteiger partial charge on any atom is -0.477 e. The van der Waals surface area contributed by atoms with Gasteiger partial charge < -0.3 is 14.8 Å². The van der Waals surface area contributed by atoms with Gasteiger partial charge in [-0.1, -0.05) is 0 Å². The number of hydrogen-bond acceptors (Lipinski definition) is 2. The monoisotopic (exact) mass is 169 g/mol. The Kier molecular flexibility index (Phi) is 2.50. The molecule has 0 fully saturated rings. The fourth-order valence-electron chi connectivity index (χ4n) is 1.05. The van der Waals surface area contributed by atoms with Crippen LogP contribution in [0.4, 0.5) is 0 Å². The van der Waals surface area contributed by atoms with Crippen LogP contribution in [0.3, 0.4) is 0 Å². The van der Waals surface area contributed by atoms with Crippen molar-refractivity contribution >= 4 is 5.97 Å². The quantitative estimate of drug-likeness (QED) is 0.695. The van der Waals surface area contributed by atoms with Gasteiger partial charge in [-0.2, -0.15) is 0 Å². The van der Waals surface area contributed by atoms with Gasteiger partial charge in [0.2, 0.25) is 0 Å². The molecule has 2 N–H and O–H groups in total. The second-order valence-electron chi connectivity index (χ2n) is 2.70. The summed E-state index contributed by atoms with van der Waals surface area (Å²) in [7, 11) is 0. The van der Waals surface area contributed by atoms with Gasteiger partial charge in [0, 0.05) is 12.7 Å². The van der Waals surface area contributed by atoms with Crippen molar-refractivity contribution in [2.75, 3.05) is 0 Å². The zero-order valence-electron chi connectivity index (χ0n) is 6.77. The third kappa shape index (κ3) is 1.85. The fourth-order valence-corrected chi connectivity index (χ4v) is 1.05. The minimum absolute atomic E-state index is 0.205. The summed E-state index contributed by atoms with van der Waals surface area (Å²) in [5.74, 6) is -0.972. The lowest BCUT2D eigenvalue weighted by atomic mass is 10.4. The van der Waals surface area contributed by atoms with Crippen molar-refractivity contribution in [2.45, 2.75) is 19.6 Å². The van der Waals surface area contributed by atoms with Gasteiger partial charge in [-0.05, 0) is 19.1 Å². The SMILES string of the molecule is CC(O)Cn1cccc1C(=O)O. The lowest BCUT2D eigenvalue weighted by molar-refractivity contribution is 0.0681. The first-order valence-corrected chi connectivity index (χ1v) is 3.67. The molecule has 1 unspecified atom stereocenters. The molecule has 0 bridgehead atoms.